The first-order valence-electron chi connectivity index (χ1n) is 9.07. The van der Waals surface area contributed by atoms with Gasteiger partial charge in [0.25, 0.3) is 0 Å². The molecule has 1 amide bonds. The fourth-order valence-corrected chi connectivity index (χ4v) is 3.92. The molecule has 0 saturated carbocycles. The predicted octanol–water partition coefficient (Wildman–Crippen LogP) is 3.49. The monoisotopic (exact) mass is 395 g/mol. The molecule has 0 unspecified atom stereocenters. The molecule has 3 heterocycles. The average Bonchev–Trinajstić information content (AvgIpc) is 2.99. The maximum atomic E-state index is 12.8. The summed E-state index contributed by atoms with van der Waals surface area (Å²) in [6, 6.07) is 7.90. The molecule has 3 aromatic rings. The van der Waals surface area contributed by atoms with E-state index in [4.69, 9.17) is 9.47 Å². The summed E-state index contributed by atoms with van der Waals surface area (Å²) < 4.78 is 11.5. The second-order valence-electron chi connectivity index (χ2n) is 6.61. The van der Waals surface area contributed by atoms with E-state index < -0.39 is 0 Å². The third kappa shape index (κ3) is 3.84. The SMILES string of the molecule is COc1cc(-c2cccnc2)cc2c1OCCN(C(=O)Cc1csc(C)n1)C2. The van der Waals surface area contributed by atoms with Crippen molar-refractivity contribution in [1.29, 1.82) is 0 Å². The highest BCUT2D eigenvalue weighted by Gasteiger charge is 2.24. The molecule has 0 N–H and O–H groups in total. The quantitative estimate of drug-likeness (QED) is 0.677. The highest BCUT2D eigenvalue weighted by molar-refractivity contribution is 7.09. The van der Waals surface area contributed by atoms with E-state index in [0.29, 0.717) is 37.6 Å². The Bertz CT molecular complexity index is 988. The minimum Gasteiger partial charge on any atom is -0.493 e. The van der Waals surface area contributed by atoms with Crippen molar-refractivity contribution in [3.63, 3.8) is 0 Å². The summed E-state index contributed by atoms with van der Waals surface area (Å²) in [6.45, 7) is 3.38. The first-order valence-corrected chi connectivity index (χ1v) is 9.95. The molecule has 1 aliphatic rings. The van der Waals surface area contributed by atoms with Crippen LogP contribution < -0.4 is 9.47 Å². The fourth-order valence-electron chi connectivity index (χ4n) is 3.30. The van der Waals surface area contributed by atoms with Crippen molar-refractivity contribution in [2.75, 3.05) is 20.3 Å². The number of aromatic nitrogens is 2. The van der Waals surface area contributed by atoms with Gasteiger partial charge < -0.3 is 14.4 Å². The van der Waals surface area contributed by atoms with Gasteiger partial charge in [0.2, 0.25) is 5.91 Å². The van der Waals surface area contributed by atoms with Crippen LogP contribution in [-0.4, -0.2) is 41.0 Å². The number of pyridine rings is 1. The molecule has 4 rings (SSSR count). The molecular formula is C21H21N3O3S. The number of carbonyl (C=O) groups is 1. The lowest BCUT2D eigenvalue weighted by molar-refractivity contribution is -0.131. The van der Waals surface area contributed by atoms with Crippen molar-refractivity contribution in [1.82, 2.24) is 14.9 Å². The lowest BCUT2D eigenvalue weighted by Gasteiger charge is -2.20. The number of fused-ring (bicyclic) bond motifs is 1. The molecule has 0 radical (unpaired) electrons. The molecule has 28 heavy (non-hydrogen) atoms. The minimum atomic E-state index is 0.0486. The number of ether oxygens (including phenoxy) is 2. The van der Waals surface area contributed by atoms with Crippen LogP contribution in [0, 0.1) is 6.92 Å². The molecule has 1 aliphatic heterocycles. The molecule has 1 aromatic carbocycles. The Hall–Kier alpha value is -2.93. The van der Waals surface area contributed by atoms with Crippen LogP contribution in [0.5, 0.6) is 11.5 Å². The van der Waals surface area contributed by atoms with Crippen LogP contribution in [0.2, 0.25) is 0 Å². The summed E-state index contributed by atoms with van der Waals surface area (Å²) >= 11 is 1.56. The lowest BCUT2D eigenvalue weighted by Crippen LogP contribution is -2.33. The summed E-state index contributed by atoms with van der Waals surface area (Å²) in [5, 5.41) is 2.91. The van der Waals surface area contributed by atoms with Gasteiger partial charge in [0.05, 0.1) is 30.8 Å². The van der Waals surface area contributed by atoms with Crippen molar-refractivity contribution in [3.05, 3.63) is 58.3 Å². The topological polar surface area (TPSA) is 64.6 Å². The van der Waals surface area contributed by atoms with Crippen LogP contribution in [-0.2, 0) is 17.8 Å². The van der Waals surface area contributed by atoms with Crippen molar-refractivity contribution >= 4 is 17.2 Å². The standard InChI is InChI=1S/C21H21N3O3S/c1-14-23-18(13-28-14)10-20(25)24-6-7-27-21-17(12-24)8-16(9-19(21)26-2)15-4-3-5-22-11-15/h3-5,8-9,11,13H,6-7,10,12H2,1-2H3. The first kappa shape index (κ1) is 18.4. The lowest BCUT2D eigenvalue weighted by atomic mass is 10.0. The van der Waals surface area contributed by atoms with Crippen LogP contribution in [0.1, 0.15) is 16.3 Å². The normalized spacial score (nSPS) is 13.4. The zero-order valence-corrected chi connectivity index (χ0v) is 16.7. The van der Waals surface area contributed by atoms with Crippen LogP contribution in [0.15, 0.2) is 42.0 Å². The second-order valence-corrected chi connectivity index (χ2v) is 7.67. The molecule has 2 aromatic heterocycles. The molecule has 0 fully saturated rings. The van der Waals surface area contributed by atoms with E-state index in [1.807, 2.05) is 47.7 Å². The largest absolute Gasteiger partial charge is 0.493 e. The van der Waals surface area contributed by atoms with E-state index in [1.54, 1.807) is 24.6 Å². The number of hydrogen-bond donors (Lipinski definition) is 0. The van der Waals surface area contributed by atoms with Crippen molar-refractivity contribution in [2.24, 2.45) is 0 Å². The summed E-state index contributed by atoms with van der Waals surface area (Å²) in [6.07, 6.45) is 3.86. The van der Waals surface area contributed by atoms with E-state index >= 15 is 0 Å². The number of hydrogen-bond acceptors (Lipinski definition) is 6. The molecule has 0 aliphatic carbocycles. The minimum absolute atomic E-state index is 0.0486. The summed E-state index contributed by atoms with van der Waals surface area (Å²) in [5.41, 5.74) is 3.72. The van der Waals surface area contributed by atoms with Gasteiger partial charge >= 0.3 is 0 Å². The Labute approximate surface area is 167 Å². The Morgan fingerprint density at radius 1 is 1.36 bits per heavy atom. The number of rotatable bonds is 4. The maximum absolute atomic E-state index is 12.8. The van der Waals surface area contributed by atoms with Gasteiger partial charge in [0.1, 0.15) is 6.61 Å². The molecule has 0 bridgehead atoms. The van der Waals surface area contributed by atoms with Gasteiger partial charge in [-0.2, -0.15) is 0 Å². The highest BCUT2D eigenvalue weighted by atomic mass is 32.1. The molecule has 0 atom stereocenters. The highest BCUT2D eigenvalue weighted by Crippen LogP contribution is 2.38. The Kier molecular flexibility index (Phi) is 5.25. The Morgan fingerprint density at radius 3 is 2.96 bits per heavy atom. The van der Waals surface area contributed by atoms with Crippen LogP contribution >= 0.6 is 11.3 Å². The summed E-state index contributed by atoms with van der Waals surface area (Å²) in [5.74, 6) is 1.42. The van der Waals surface area contributed by atoms with E-state index in [9.17, 15) is 4.79 Å². The number of thiazole rings is 1. The summed E-state index contributed by atoms with van der Waals surface area (Å²) in [4.78, 5) is 23.3. The number of amides is 1. The van der Waals surface area contributed by atoms with E-state index in [-0.39, 0.29) is 5.91 Å². The van der Waals surface area contributed by atoms with E-state index in [2.05, 4.69) is 9.97 Å². The van der Waals surface area contributed by atoms with Gasteiger partial charge in [-0.1, -0.05) is 6.07 Å². The maximum Gasteiger partial charge on any atom is 0.229 e. The average molecular weight is 395 g/mol. The Morgan fingerprint density at radius 2 is 2.25 bits per heavy atom. The smallest absolute Gasteiger partial charge is 0.229 e. The zero-order valence-electron chi connectivity index (χ0n) is 15.8. The van der Waals surface area contributed by atoms with Gasteiger partial charge in [-0.25, -0.2) is 4.98 Å². The van der Waals surface area contributed by atoms with Gasteiger partial charge in [-0.15, -0.1) is 11.3 Å². The molecular weight excluding hydrogens is 374 g/mol. The zero-order chi connectivity index (χ0) is 19.5. The molecule has 144 valence electrons. The van der Waals surface area contributed by atoms with Gasteiger partial charge in [-0.05, 0) is 30.7 Å². The third-order valence-electron chi connectivity index (χ3n) is 4.67. The molecule has 6 nitrogen and oxygen atoms in total. The number of carbonyl (C=O) groups excluding carboxylic acids is 1. The number of aryl methyl sites for hydroxylation is 1. The predicted molar refractivity (Wildman–Crippen MR) is 108 cm³/mol. The molecule has 7 heteroatoms. The Balaban J connectivity index is 1.63. The molecule has 0 spiro atoms. The number of methoxy groups -OCH3 is 1. The fraction of sp³-hybridized carbons (Fsp3) is 0.286. The van der Waals surface area contributed by atoms with Gasteiger partial charge in [0.15, 0.2) is 11.5 Å². The first-order chi connectivity index (χ1) is 13.6. The van der Waals surface area contributed by atoms with Crippen molar-refractivity contribution in [3.8, 4) is 22.6 Å². The van der Waals surface area contributed by atoms with Crippen LogP contribution in [0.4, 0.5) is 0 Å². The van der Waals surface area contributed by atoms with E-state index in [1.165, 1.54) is 0 Å². The molecule has 0 saturated heterocycles. The number of nitrogens with zero attached hydrogens (tertiary/aromatic N) is 3. The van der Waals surface area contributed by atoms with Crippen LogP contribution in [0.3, 0.4) is 0 Å². The second kappa shape index (κ2) is 7.98. The summed E-state index contributed by atoms with van der Waals surface area (Å²) in [7, 11) is 1.63. The van der Waals surface area contributed by atoms with Gasteiger partial charge in [0, 0.05) is 35.4 Å². The van der Waals surface area contributed by atoms with Crippen molar-refractivity contribution in [2.45, 2.75) is 19.9 Å². The van der Waals surface area contributed by atoms with Crippen LogP contribution in [0.25, 0.3) is 11.1 Å². The number of benzene rings is 1. The third-order valence-corrected chi connectivity index (χ3v) is 5.49. The van der Waals surface area contributed by atoms with Gasteiger partial charge in [-0.3, -0.25) is 9.78 Å². The van der Waals surface area contributed by atoms with Crippen molar-refractivity contribution < 1.29 is 14.3 Å². The van der Waals surface area contributed by atoms with E-state index in [0.717, 1.165) is 27.4 Å².